The molecule has 0 spiro atoms. The van der Waals surface area contributed by atoms with Crippen LogP contribution in [0.3, 0.4) is 0 Å². The molecule has 228 valence electrons. The molecule has 1 heterocycles. The van der Waals surface area contributed by atoms with Crippen LogP contribution < -0.4 is 0 Å². The SMILES string of the molecule is CC(C)CCC(C(=O)OC(C)(C)C)[N+](C)(Cc1ccc(-c2ccccc2)cc1)OCCOCCN1CCN(C)CC1. The fraction of sp³-hybridized carbons (Fsp3) is 0.618. The van der Waals surface area contributed by atoms with Crippen molar-refractivity contribution in [2.45, 2.75) is 65.6 Å². The smallest absolute Gasteiger partial charge is 0.368 e. The molecule has 0 saturated carbocycles. The van der Waals surface area contributed by atoms with Crippen LogP contribution in [0.25, 0.3) is 11.1 Å². The lowest BCUT2D eigenvalue weighted by Gasteiger charge is -2.38. The molecule has 0 aliphatic carbocycles. The maximum Gasteiger partial charge on any atom is 0.368 e. The predicted molar refractivity (Wildman–Crippen MR) is 166 cm³/mol. The number of carbonyl (C=O) groups excluding carboxylic acids is 1. The molecule has 0 N–H and O–H groups in total. The fourth-order valence-electron chi connectivity index (χ4n) is 5.19. The van der Waals surface area contributed by atoms with Gasteiger partial charge in [0.2, 0.25) is 6.04 Å². The predicted octanol–water partition coefficient (Wildman–Crippen LogP) is 5.64. The summed E-state index contributed by atoms with van der Waals surface area (Å²) in [6.07, 6.45) is 1.60. The molecule has 1 aliphatic rings. The monoisotopic (exact) mass is 568 g/mol. The van der Waals surface area contributed by atoms with Gasteiger partial charge < -0.3 is 14.4 Å². The Hall–Kier alpha value is -2.29. The summed E-state index contributed by atoms with van der Waals surface area (Å²) in [6.45, 7) is 17.6. The zero-order valence-electron chi connectivity index (χ0n) is 26.6. The van der Waals surface area contributed by atoms with E-state index in [0.29, 0.717) is 38.7 Å². The first-order valence-corrected chi connectivity index (χ1v) is 15.3. The summed E-state index contributed by atoms with van der Waals surface area (Å²) in [5.74, 6) is 0.258. The summed E-state index contributed by atoms with van der Waals surface area (Å²) >= 11 is 0. The number of esters is 1. The van der Waals surface area contributed by atoms with Crippen molar-refractivity contribution >= 4 is 5.97 Å². The molecule has 2 atom stereocenters. The van der Waals surface area contributed by atoms with E-state index in [-0.39, 0.29) is 10.6 Å². The third-order valence-electron chi connectivity index (χ3n) is 7.67. The molecule has 1 aliphatic heterocycles. The maximum atomic E-state index is 13.6. The van der Waals surface area contributed by atoms with Crippen molar-refractivity contribution in [1.29, 1.82) is 0 Å². The summed E-state index contributed by atoms with van der Waals surface area (Å²) in [6, 6.07) is 18.5. The van der Waals surface area contributed by atoms with Crippen LogP contribution in [0.1, 0.15) is 53.0 Å². The quantitative estimate of drug-likeness (QED) is 0.120. The van der Waals surface area contributed by atoms with Gasteiger partial charge in [0.15, 0.2) is 0 Å². The normalized spacial score (nSPS) is 17.4. The lowest BCUT2D eigenvalue weighted by molar-refractivity contribution is -1.11. The first-order valence-electron chi connectivity index (χ1n) is 15.3. The molecule has 2 aromatic rings. The van der Waals surface area contributed by atoms with Gasteiger partial charge >= 0.3 is 5.97 Å². The van der Waals surface area contributed by atoms with Gasteiger partial charge in [0, 0.05) is 44.7 Å². The van der Waals surface area contributed by atoms with E-state index in [4.69, 9.17) is 14.3 Å². The molecular weight excluding hydrogens is 514 g/mol. The van der Waals surface area contributed by atoms with Crippen LogP contribution in [-0.2, 0) is 25.7 Å². The molecular formula is C34H54N3O4+. The number of rotatable bonds is 15. The molecule has 0 bridgehead atoms. The second-order valence-corrected chi connectivity index (χ2v) is 13.0. The Morgan fingerprint density at radius 3 is 2.12 bits per heavy atom. The maximum absolute atomic E-state index is 13.6. The highest BCUT2D eigenvalue weighted by Gasteiger charge is 2.43. The topological polar surface area (TPSA) is 51.2 Å². The minimum atomic E-state index is -0.568. The highest BCUT2D eigenvalue weighted by molar-refractivity contribution is 5.75. The second kappa shape index (κ2) is 15.8. The minimum absolute atomic E-state index is 0.119. The number of ether oxygens (including phenoxy) is 2. The number of nitrogens with zero attached hydrogens (tertiary/aromatic N) is 3. The standard InChI is InChI=1S/C34H54N3O4/c1-28(2)13-18-32(33(38)41-34(3,4)5)37(7,40-26-25-39-24-23-36-21-19-35(6)20-22-36)27-29-14-16-31(17-15-29)30-11-9-8-10-12-30/h8-12,14-17,28,32H,13,18-27H2,1-7H3/q+1. The lowest BCUT2D eigenvalue weighted by Crippen LogP contribution is -2.56. The molecule has 3 rings (SSSR count). The largest absolute Gasteiger partial charge is 0.455 e. The lowest BCUT2D eigenvalue weighted by atomic mass is 10.0. The van der Waals surface area contributed by atoms with Gasteiger partial charge in [-0.25, -0.2) is 4.79 Å². The summed E-state index contributed by atoms with van der Waals surface area (Å²) < 4.78 is 12.0. The Bertz CT molecular complexity index is 1030. The van der Waals surface area contributed by atoms with Gasteiger partial charge in [-0.1, -0.05) is 68.4 Å². The zero-order valence-corrected chi connectivity index (χ0v) is 26.6. The van der Waals surface area contributed by atoms with E-state index in [1.807, 2.05) is 33.9 Å². The number of hydrogen-bond donors (Lipinski definition) is 0. The number of quaternary nitrogens is 1. The van der Waals surface area contributed by atoms with Crippen LogP contribution in [-0.4, -0.2) is 98.7 Å². The van der Waals surface area contributed by atoms with Gasteiger partial charge in [-0.2, -0.15) is 9.48 Å². The second-order valence-electron chi connectivity index (χ2n) is 13.0. The first kappa shape index (κ1) is 33.2. The van der Waals surface area contributed by atoms with Crippen LogP contribution in [0, 0.1) is 5.92 Å². The third-order valence-corrected chi connectivity index (χ3v) is 7.67. The van der Waals surface area contributed by atoms with Crippen LogP contribution in [0.15, 0.2) is 54.6 Å². The van der Waals surface area contributed by atoms with Crippen LogP contribution in [0.5, 0.6) is 0 Å². The Balaban J connectivity index is 1.71. The minimum Gasteiger partial charge on any atom is -0.455 e. The van der Waals surface area contributed by atoms with Gasteiger partial charge in [0.05, 0.1) is 20.3 Å². The molecule has 7 heteroatoms. The van der Waals surface area contributed by atoms with E-state index >= 15 is 0 Å². The molecule has 0 radical (unpaired) electrons. The van der Waals surface area contributed by atoms with Crippen LogP contribution >= 0.6 is 0 Å². The Morgan fingerprint density at radius 2 is 1.51 bits per heavy atom. The Morgan fingerprint density at radius 1 is 0.878 bits per heavy atom. The number of likely N-dealkylation sites (N-methyl/N-ethyl adjacent to an activating group) is 2. The first-order chi connectivity index (χ1) is 19.4. The molecule has 2 aromatic carbocycles. The van der Waals surface area contributed by atoms with Gasteiger partial charge in [-0.15, -0.1) is 0 Å². The molecule has 0 amide bonds. The van der Waals surface area contributed by atoms with Crippen molar-refractivity contribution in [3.05, 3.63) is 60.2 Å². The number of hydroxylamine groups is 3. The third kappa shape index (κ3) is 11.5. The number of benzene rings is 2. The molecule has 1 saturated heterocycles. The number of piperazine rings is 1. The summed E-state index contributed by atoms with van der Waals surface area (Å²) in [7, 11) is 4.19. The van der Waals surface area contributed by atoms with E-state index in [1.165, 1.54) is 11.1 Å². The molecule has 2 unspecified atom stereocenters. The van der Waals surface area contributed by atoms with Crippen molar-refractivity contribution in [2.24, 2.45) is 5.92 Å². The van der Waals surface area contributed by atoms with Crippen LogP contribution in [0.2, 0.25) is 0 Å². The molecule has 41 heavy (non-hydrogen) atoms. The van der Waals surface area contributed by atoms with E-state index in [0.717, 1.165) is 44.7 Å². The fourth-order valence-corrected chi connectivity index (χ4v) is 5.19. The zero-order chi connectivity index (χ0) is 29.9. The van der Waals surface area contributed by atoms with Gasteiger partial charge in [-0.3, -0.25) is 4.90 Å². The Kier molecular flexibility index (Phi) is 12.8. The van der Waals surface area contributed by atoms with E-state index in [2.05, 4.69) is 79.2 Å². The van der Waals surface area contributed by atoms with E-state index in [9.17, 15) is 4.79 Å². The van der Waals surface area contributed by atoms with Gasteiger partial charge in [0.1, 0.15) is 18.8 Å². The van der Waals surface area contributed by atoms with E-state index in [1.54, 1.807) is 0 Å². The molecule has 7 nitrogen and oxygen atoms in total. The van der Waals surface area contributed by atoms with Crippen molar-refractivity contribution in [3.63, 3.8) is 0 Å². The van der Waals surface area contributed by atoms with Crippen molar-refractivity contribution in [2.75, 3.05) is 66.6 Å². The Labute approximate surface area is 248 Å². The highest BCUT2D eigenvalue weighted by atomic mass is 16.7. The van der Waals surface area contributed by atoms with Crippen molar-refractivity contribution in [1.82, 2.24) is 9.80 Å². The summed E-state index contributed by atoms with van der Waals surface area (Å²) in [4.78, 5) is 25.0. The number of carbonyl (C=O) groups is 1. The number of hydrogen-bond acceptors (Lipinski definition) is 6. The summed E-state index contributed by atoms with van der Waals surface area (Å²) in [5.41, 5.74) is 2.90. The molecule has 1 fully saturated rings. The van der Waals surface area contributed by atoms with Gasteiger partial charge in [0.25, 0.3) is 0 Å². The highest BCUT2D eigenvalue weighted by Crippen LogP contribution is 2.27. The molecule has 0 aromatic heterocycles. The summed E-state index contributed by atoms with van der Waals surface area (Å²) in [5, 5.41) is 0. The van der Waals surface area contributed by atoms with Crippen molar-refractivity contribution < 1.29 is 23.8 Å². The van der Waals surface area contributed by atoms with Gasteiger partial charge in [-0.05, 0) is 51.3 Å². The average Bonchev–Trinajstić information content (AvgIpc) is 2.91. The van der Waals surface area contributed by atoms with Crippen molar-refractivity contribution in [3.8, 4) is 11.1 Å². The average molecular weight is 569 g/mol. The van der Waals surface area contributed by atoms with E-state index < -0.39 is 11.6 Å². The van der Waals surface area contributed by atoms with Crippen LogP contribution in [0.4, 0.5) is 0 Å².